The number of hydrogen-bond donors (Lipinski definition) is 1. The van der Waals surface area contributed by atoms with Crippen LogP contribution in [0.1, 0.15) is 22.0 Å². The molecule has 0 saturated heterocycles. The third-order valence-corrected chi connectivity index (χ3v) is 4.28. The molecule has 0 bridgehead atoms. The first kappa shape index (κ1) is 18.7. The van der Waals surface area contributed by atoms with Gasteiger partial charge in [0.1, 0.15) is 11.6 Å². The quantitative estimate of drug-likeness (QED) is 0.725. The van der Waals surface area contributed by atoms with Gasteiger partial charge in [0.25, 0.3) is 5.91 Å². The van der Waals surface area contributed by atoms with Crippen molar-refractivity contribution in [1.82, 2.24) is 20.0 Å². The smallest absolute Gasteiger partial charge is 0.254 e. The summed E-state index contributed by atoms with van der Waals surface area (Å²) >= 11 is 0. The van der Waals surface area contributed by atoms with Gasteiger partial charge in [-0.25, -0.2) is 13.5 Å². The SMILES string of the molecule is CN(C)C(CNC(=O)c1cnn(-c2ccc(F)cc2)c1)c1ccccc1F. The van der Waals surface area contributed by atoms with Gasteiger partial charge in [0.2, 0.25) is 0 Å². The Hall–Kier alpha value is -3.06. The fourth-order valence-corrected chi connectivity index (χ4v) is 2.78. The van der Waals surface area contributed by atoms with Crippen molar-refractivity contribution >= 4 is 5.91 Å². The summed E-state index contributed by atoms with van der Waals surface area (Å²) in [6, 6.07) is 12.0. The molecule has 140 valence electrons. The first-order valence-electron chi connectivity index (χ1n) is 8.45. The summed E-state index contributed by atoms with van der Waals surface area (Å²) in [5, 5.41) is 6.95. The molecule has 3 aromatic rings. The predicted octanol–water partition coefficient (Wildman–Crippen LogP) is 3.18. The maximum Gasteiger partial charge on any atom is 0.254 e. The van der Waals surface area contributed by atoms with Gasteiger partial charge in [0, 0.05) is 18.3 Å². The Labute approximate surface area is 156 Å². The molecule has 0 spiro atoms. The van der Waals surface area contributed by atoms with Gasteiger partial charge in [-0.15, -0.1) is 0 Å². The molecule has 0 saturated carbocycles. The lowest BCUT2D eigenvalue weighted by atomic mass is 10.1. The maximum absolute atomic E-state index is 14.1. The van der Waals surface area contributed by atoms with Crippen LogP contribution in [-0.2, 0) is 0 Å². The summed E-state index contributed by atoms with van der Waals surface area (Å²) in [5.74, 6) is -0.965. The minimum Gasteiger partial charge on any atom is -0.350 e. The molecule has 5 nitrogen and oxygen atoms in total. The molecule has 0 aliphatic carbocycles. The van der Waals surface area contributed by atoms with Gasteiger partial charge >= 0.3 is 0 Å². The summed E-state index contributed by atoms with van der Waals surface area (Å²) < 4.78 is 28.6. The van der Waals surface area contributed by atoms with Crippen LogP contribution in [0.3, 0.4) is 0 Å². The molecule has 0 aliphatic heterocycles. The fraction of sp³-hybridized carbons (Fsp3) is 0.200. The molecule has 0 radical (unpaired) electrons. The molecule has 1 heterocycles. The highest BCUT2D eigenvalue weighted by molar-refractivity contribution is 5.93. The number of likely N-dealkylation sites (N-methyl/N-ethyl adjacent to an activating group) is 1. The highest BCUT2D eigenvalue weighted by Crippen LogP contribution is 2.20. The third kappa shape index (κ3) is 4.38. The number of amides is 1. The summed E-state index contributed by atoms with van der Waals surface area (Å²) in [6.07, 6.45) is 3.00. The number of carbonyl (C=O) groups excluding carboxylic acids is 1. The van der Waals surface area contributed by atoms with Crippen molar-refractivity contribution in [2.45, 2.75) is 6.04 Å². The lowest BCUT2D eigenvalue weighted by Gasteiger charge is -2.25. The van der Waals surface area contributed by atoms with Crippen LogP contribution in [-0.4, -0.2) is 41.2 Å². The average molecular weight is 370 g/mol. The number of aromatic nitrogens is 2. The Morgan fingerprint density at radius 1 is 1.15 bits per heavy atom. The Balaban J connectivity index is 1.70. The van der Waals surface area contributed by atoms with Gasteiger partial charge in [-0.05, 0) is 44.4 Å². The van der Waals surface area contributed by atoms with Crippen LogP contribution in [0.2, 0.25) is 0 Å². The van der Waals surface area contributed by atoms with Crippen molar-refractivity contribution in [2.24, 2.45) is 0 Å². The van der Waals surface area contributed by atoms with Crippen LogP contribution < -0.4 is 5.32 Å². The lowest BCUT2D eigenvalue weighted by Crippen LogP contribution is -2.34. The lowest BCUT2D eigenvalue weighted by molar-refractivity contribution is 0.0941. The molecule has 27 heavy (non-hydrogen) atoms. The minimum atomic E-state index is -0.341. The first-order chi connectivity index (χ1) is 13.0. The van der Waals surface area contributed by atoms with Gasteiger partial charge < -0.3 is 10.2 Å². The Morgan fingerprint density at radius 2 is 1.85 bits per heavy atom. The second-order valence-corrected chi connectivity index (χ2v) is 6.36. The van der Waals surface area contributed by atoms with E-state index < -0.39 is 0 Å². The number of rotatable bonds is 6. The largest absolute Gasteiger partial charge is 0.350 e. The Morgan fingerprint density at radius 3 is 2.52 bits per heavy atom. The molecule has 1 unspecified atom stereocenters. The van der Waals surface area contributed by atoms with Crippen molar-refractivity contribution < 1.29 is 13.6 Å². The molecule has 0 fully saturated rings. The zero-order chi connectivity index (χ0) is 19.4. The minimum absolute atomic E-state index is 0.245. The van der Waals surface area contributed by atoms with Crippen molar-refractivity contribution in [3.05, 3.63) is 83.7 Å². The van der Waals surface area contributed by atoms with E-state index in [-0.39, 0.29) is 30.1 Å². The van der Waals surface area contributed by atoms with Crippen LogP contribution >= 0.6 is 0 Å². The Kier molecular flexibility index (Phi) is 5.61. The van der Waals surface area contributed by atoms with E-state index in [1.165, 1.54) is 29.1 Å². The van der Waals surface area contributed by atoms with E-state index in [9.17, 15) is 13.6 Å². The normalized spacial score (nSPS) is 12.2. The number of nitrogens with zero attached hydrogens (tertiary/aromatic N) is 3. The molecular formula is C20H20F2N4O. The summed E-state index contributed by atoms with van der Waals surface area (Å²) in [6.45, 7) is 0.245. The van der Waals surface area contributed by atoms with E-state index >= 15 is 0 Å². The predicted molar refractivity (Wildman–Crippen MR) is 98.7 cm³/mol. The van der Waals surface area contributed by atoms with E-state index in [1.807, 2.05) is 19.0 Å². The highest BCUT2D eigenvalue weighted by atomic mass is 19.1. The van der Waals surface area contributed by atoms with Crippen molar-refractivity contribution in [3.8, 4) is 5.69 Å². The van der Waals surface area contributed by atoms with Crippen LogP contribution in [0.5, 0.6) is 0 Å². The number of halogens is 2. The molecule has 0 aliphatic rings. The summed E-state index contributed by atoms with van der Waals surface area (Å²) in [7, 11) is 3.66. The molecule has 1 aromatic heterocycles. The van der Waals surface area contributed by atoms with E-state index in [2.05, 4.69) is 10.4 Å². The standard InChI is InChI=1S/C20H20F2N4O/c1-25(2)19(17-5-3-4-6-18(17)22)12-23-20(27)14-11-24-26(13-14)16-9-7-15(21)8-10-16/h3-11,13,19H,12H2,1-2H3,(H,23,27). The summed E-state index contributed by atoms with van der Waals surface area (Å²) in [4.78, 5) is 14.3. The average Bonchev–Trinajstić information content (AvgIpc) is 3.14. The van der Waals surface area contributed by atoms with Crippen molar-refractivity contribution in [1.29, 1.82) is 0 Å². The number of benzene rings is 2. The molecule has 1 N–H and O–H groups in total. The topological polar surface area (TPSA) is 50.2 Å². The molecular weight excluding hydrogens is 350 g/mol. The monoisotopic (exact) mass is 370 g/mol. The van der Waals surface area contributed by atoms with E-state index in [1.54, 1.807) is 36.5 Å². The van der Waals surface area contributed by atoms with Gasteiger partial charge in [-0.1, -0.05) is 18.2 Å². The van der Waals surface area contributed by atoms with E-state index in [0.29, 0.717) is 16.8 Å². The molecule has 3 rings (SSSR count). The number of hydrogen-bond acceptors (Lipinski definition) is 3. The van der Waals surface area contributed by atoms with Crippen molar-refractivity contribution in [3.63, 3.8) is 0 Å². The number of carbonyl (C=O) groups is 1. The van der Waals surface area contributed by atoms with Gasteiger partial charge in [-0.2, -0.15) is 5.10 Å². The highest BCUT2D eigenvalue weighted by Gasteiger charge is 2.19. The van der Waals surface area contributed by atoms with Gasteiger partial charge in [0.05, 0.1) is 23.5 Å². The molecule has 7 heteroatoms. The molecule has 1 amide bonds. The van der Waals surface area contributed by atoms with E-state index in [0.717, 1.165) is 0 Å². The van der Waals surface area contributed by atoms with Gasteiger partial charge in [0.15, 0.2) is 0 Å². The zero-order valence-electron chi connectivity index (χ0n) is 15.1. The summed E-state index contributed by atoms with van der Waals surface area (Å²) in [5.41, 5.74) is 1.53. The van der Waals surface area contributed by atoms with Crippen LogP contribution in [0.4, 0.5) is 8.78 Å². The fourth-order valence-electron chi connectivity index (χ4n) is 2.78. The Bertz CT molecular complexity index is 922. The van der Waals surface area contributed by atoms with Gasteiger partial charge in [-0.3, -0.25) is 4.79 Å². The third-order valence-electron chi connectivity index (χ3n) is 4.28. The van der Waals surface area contributed by atoms with Crippen LogP contribution in [0.15, 0.2) is 60.9 Å². The maximum atomic E-state index is 14.1. The van der Waals surface area contributed by atoms with Crippen LogP contribution in [0, 0.1) is 11.6 Å². The second-order valence-electron chi connectivity index (χ2n) is 6.36. The molecule has 2 aromatic carbocycles. The second kappa shape index (κ2) is 8.09. The van der Waals surface area contributed by atoms with E-state index in [4.69, 9.17) is 0 Å². The zero-order valence-corrected chi connectivity index (χ0v) is 15.1. The van der Waals surface area contributed by atoms with Crippen molar-refractivity contribution in [2.75, 3.05) is 20.6 Å². The first-order valence-corrected chi connectivity index (χ1v) is 8.45. The number of nitrogens with one attached hydrogen (secondary N) is 1. The molecule has 1 atom stereocenters. The van der Waals surface area contributed by atoms with Crippen LogP contribution in [0.25, 0.3) is 5.69 Å².